The van der Waals surface area contributed by atoms with Crippen LogP contribution < -0.4 is 4.74 Å². The molecule has 0 aromatic heterocycles. The number of hydrogen-bond acceptors (Lipinski definition) is 3. The van der Waals surface area contributed by atoms with E-state index in [2.05, 4.69) is 0 Å². The number of hydrogen-bond donors (Lipinski definition) is 0. The predicted molar refractivity (Wildman–Crippen MR) is 53.2 cm³/mol. The van der Waals surface area contributed by atoms with Crippen molar-refractivity contribution in [2.45, 2.75) is 13.8 Å². The molecule has 0 spiro atoms. The second-order valence-corrected chi connectivity index (χ2v) is 3.08. The van der Waals surface area contributed by atoms with Crippen molar-refractivity contribution in [3.05, 3.63) is 28.3 Å². The molecule has 0 saturated carbocycles. The van der Waals surface area contributed by atoms with E-state index in [0.29, 0.717) is 28.7 Å². The zero-order chi connectivity index (χ0) is 10.7. The second-order valence-electron chi connectivity index (χ2n) is 3.08. The molecule has 1 aromatic carbocycles. The van der Waals surface area contributed by atoms with E-state index < -0.39 is 0 Å². The Hall–Kier alpha value is -1.64. The van der Waals surface area contributed by atoms with Gasteiger partial charge in [0.15, 0.2) is 12.6 Å². The zero-order valence-electron chi connectivity index (χ0n) is 8.46. The summed E-state index contributed by atoms with van der Waals surface area (Å²) in [7, 11) is 1.50. The molecule has 0 heterocycles. The van der Waals surface area contributed by atoms with Gasteiger partial charge in [-0.1, -0.05) is 0 Å². The van der Waals surface area contributed by atoms with Crippen LogP contribution in [-0.2, 0) is 0 Å². The highest BCUT2D eigenvalue weighted by Crippen LogP contribution is 2.25. The number of methoxy groups -OCH3 is 1. The van der Waals surface area contributed by atoms with Crippen LogP contribution in [0.2, 0.25) is 0 Å². The van der Waals surface area contributed by atoms with Gasteiger partial charge in [0.1, 0.15) is 5.75 Å². The summed E-state index contributed by atoms with van der Waals surface area (Å²) in [5.74, 6) is 0.514. The molecule has 0 fully saturated rings. The van der Waals surface area contributed by atoms with E-state index >= 15 is 0 Å². The molecule has 0 aliphatic rings. The Morgan fingerprint density at radius 1 is 1.14 bits per heavy atom. The van der Waals surface area contributed by atoms with Gasteiger partial charge < -0.3 is 4.74 Å². The lowest BCUT2D eigenvalue weighted by Crippen LogP contribution is -2.00. The fourth-order valence-electron chi connectivity index (χ4n) is 1.47. The highest BCUT2D eigenvalue weighted by Gasteiger charge is 2.12. The standard InChI is InChI=1S/C11H12O3/c1-7-4-11(14-3)10(6-13)8(2)9(7)5-12/h4-6H,1-3H3. The Balaban J connectivity index is 3.54. The average Bonchev–Trinajstić information content (AvgIpc) is 2.17. The second kappa shape index (κ2) is 4.05. The van der Waals surface area contributed by atoms with Crippen molar-refractivity contribution < 1.29 is 14.3 Å². The third kappa shape index (κ3) is 1.53. The Kier molecular flexibility index (Phi) is 3.02. The van der Waals surface area contributed by atoms with Gasteiger partial charge in [0.2, 0.25) is 0 Å². The van der Waals surface area contributed by atoms with Crippen molar-refractivity contribution in [2.75, 3.05) is 7.11 Å². The molecule has 0 atom stereocenters. The molecular formula is C11H12O3. The molecule has 0 amide bonds. The number of carbonyl (C=O) groups excluding carboxylic acids is 2. The van der Waals surface area contributed by atoms with E-state index in [9.17, 15) is 9.59 Å². The lowest BCUT2D eigenvalue weighted by molar-refractivity contribution is 0.112. The molecule has 0 aliphatic carbocycles. The summed E-state index contributed by atoms with van der Waals surface area (Å²) in [5, 5.41) is 0. The van der Waals surface area contributed by atoms with Gasteiger partial charge in [-0.25, -0.2) is 0 Å². The molecule has 0 radical (unpaired) electrons. The van der Waals surface area contributed by atoms with Crippen LogP contribution in [0.3, 0.4) is 0 Å². The van der Waals surface area contributed by atoms with E-state index in [1.165, 1.54) is 7.11 Å². The van der Waals surface area contributed by atoms with Gasteiger partial charge in [-0.15, -0.1) is 0 Å². The van der Waals surface area contributed by atoms with Crippen molar-refractivity contribution in [1.82, 2.24) is 0 Å². The number of benzene rings is 1. The van der Waals surface area contributed by atoms with Crippen LogP contribution in [-0.4, -0.2) is 19.7 Å². The fourth-order valence-corrected chi connectivity index (χ4v) is 1.47. The number of ether oxygens (including phenoxy) is 1. The van der Waals surface area contributed by atoms with Gasteiger partial charge in [-0.05, 0) is 31.0 Å². The normalized spacial score (nSPS) is 9.64. The van der Waals surface area contributed by atoms with Crippen molar-refractivity contribution in [3.8, 4) is 5.75 Å². The smallest absolute Gasteiger partial charge is 0.154 e. The van der Waals surface area contributed by atoms with Crippen molar-refractivity contribution in [3.63, 3.8) is 0 Å². The number of carbonyl (C=O) groups is 2. The lowest BCUT2D eigenvalue weighted by atomic mass is 9.98. The first-order valence-electron chi connectivity index (χ1n) is 4.24. The van der Waals surface area contributed by atoms with E-state index in [0.717, 1.165) is 11.8 Å². The summed E-state index contributed by atoms with van der Waals surface area (Å²) >= 11 is 0. The molecule has 0 N–H and O–H groups in total. The SMILES string of the molecule is COc1cc(C)c(C=O)c(C)c1C=O. The molecule has 1 aromatic rings. The summed E-state index contributed by atoms with van der Waals surface area (Å²) in [4.78, 5) is 21.5. The highest BCUT2D eigenvalue weighted by atomic mass is 16.5. The Morgan fingerprint density at radius 3 is 2.14 bits per heavy atom. The fraction of sp³-hybridized carbons (Fsp3) is 0.273. The van der Waals surface area contributed by atoms with Gasteiger partial charge in [-0.2, -0.15) is 0 Å². The summed E-state index contributed by atoms with van der Waals surface area (Å²) in [6.45, 7) is 3.55. The average molecular weight is 192 g/mol. The minimum Gasteiger partial charge on any atom is -0.496 e. The summed E-state index contributed by atoms with van der Waals surface area (Å²) in [5.41, 5.74) is 2.50. The van der Waals surface area contributed by atoms with Crippen LogP contribution in [0.25, 0.3) is 0 Å². The number of aryl methyl sites for hydroxylation is 1. The summed E-state index contributed by atoms with van der Waals surface area (Å²) in [6, 6.07) is 1.69. The molecule has 0 bridgehead atoms. The van der Waals surface area contributed by atoms with Gasteiger partial charge in [0, 0.05) is 5.56 Å². The molecule has 3 heteroatoms. The van der Waals surface area contributed by atoms with E-state index in [1.54, 1.807) is 13.0 Å². The van der Waals surface area contributed by atoms with Gasteiger partial charge >= 0.3 is 0 Å². The van der Waals surface area contributed by atoms with Crippen molar-refractivity contribution in [1.29, 1.82) is 0 Å². The van der Waals surface area contributed by atoms with Crippen LogP contribution in [0.1, 0.15) is 31.8 Å². The van der Waals surface area contributed by atoms with Crippen LogP contribution in [0.5, 0.6) is 5.75 Å². The number of rotatable bonds is 3. The Morgan fingerprint density at radius 2 is 1.71 bits per heavy atom. The van der Waals surface area contributed by atoms with Crippen molar-refractivity contribution >= 4 is 12.6 Å². The van der Waals surface area contributed by atoms with E-state index in [-0.39, 0.29) is 0 Å². The maximum Gasteiger partial charge on any atom is 0.154 e. The Bertz CT molecular complexity index is 381. The quantitative estimate of drug-likeness (QED) is 0.687. The lowest BCUT2D eigenvalue weighted by Gasteiger charge is -2.10. The highest BCUT2D eigenvalue weighted by molar-refractivity contribution is 5.89. The maximum atomic E-state index is 10.8. The first-order chi connectivity index (χ1) is 6.65. The van der Waals surface area contributed by atoms with E-state index in [1.807, 2.05) is 6.92 Å². The Labute approximate surface area is 82.7 Å². The predicted octanol–water partition coefficient (Wildman–Crippen LogP) is 1.94. The maximum absolute atomic E-state index is 10.8. The minimum absolute atomic E-state index is 0.445. The van der Waals surface area contributed by atoms with Crippen LogP contribution in [0, 0.1) is 13.8 Å². The summed E-state index contributed by atoms with van der Waals surface area (Å²) < 4.78 is 5.05. The first kappa shape index (κ1) is 10.4. The van der Waals surface area contributed by atoms with Crippen LogP contribution in [0.15, 0.2) is 6.07 Å². The minimum atomic E-state index is 0.445. The van der Waals surface area contributed by atoms with Gasteiger partial charge in [-0.3, -0.25) is 9.59 Å². The number of aldehydes is 2. The van der Waals surface area contributed by atoms with Crippen molar-refractivity contribution in [2.24, 2.45) is 0 Å². The molecule has 0 aliphatic heterocycles. The third-order valence-corrected chi connectivity index (χ3v) is 2.30. The molecule has 1 rings (SSSR count). The zero-order valence-corrected chi connectivity index (χ0v) is 8.46. The third-order valence-electron chi connectivity index (χ3n) is 2.30. The molecule has 14 heavy (non-hydrogen) atoms. The molecule has 3 nitrogen and oxygen atoms in total. The van der Waals surface area contributed by atoms with E-state index in [4.69, 9.17) is 4.74 Å². The summed E-state index contributed by atoms with van der Waals surface area (Å²) in [6.07, 6.45) is 1.47. The van der Waals surface area contributed by atoms with Gasteiger partial charge in [0.05, 0.1) is 12.7 Å². The molecule has 0 unspecified atom stereocenters. The largest absolute Gasteiger partial charge is 0.496 e. The van der Waals surface area contributed by atoms with Gasteiger partial charge in [0.25, 0.3) is 0 Å². The van der Waals surface area contributed by atoms with Crippen LogP contribution in [0.4, 0.5) is 0 Å². The molecular weight excluding hydrogens is 180 g/mol. The molecule has 0 saturated heterocycles. The monoisotopic (exact) mass is 192 g/mol. The topological polar surface area (TPSA) is 43.4 Å². The van der Waals surface area contributed by atoms with Crippen LogP contribution >= 0.6 is 0 Å². The first-order valence-corrected chi connectivity index (χ1v) is 4.24. The molecule has 74 valence electrons.